The van der Waals surface area contributed by atoms with Crippen LogP contribution >= 0.6 is 0 Å². The summed E-state index contributed by atoms with van der Waals surface area (Å²) in [5.41, 5.74) is 3.41. The average Bonchev–Trinajstić information content (AvgIpc) is 3.04. The minimum absolute atomic E-state index is 0.423. The molecule has 0 radical (unpaired) electrons. The highest BCUT2D eigenvalue weighted by Gasteiger charge is 2.24. The van der Waals surface area contributed by atoms with Gasteiger partial charge < -0.3 is 0 Å². The molecule has 0 spiro atoms. The second-order valence-electron chi connectivity index (χ2n) is 5.85. The van der Waals surface area contributed by atoms with Gasteiger partial charge in [0.1, 0.15) is 0 Å². The fourth-order valence-electron chi connectivity index (χ4n) is 3.20. The Labute approximate surface area is 138 Å². The highest BCUT2D eigenvalue weighted by Crippen LogP contribution is 2.32. The van der Waals surface area contributed by atoms with Crippen LogP contribution in [0.3, 0.4) is 0 Å². The van der Waals surface area contributed by atoms with Crippen molar-refractivity contribution in [2.45, 2.75) is 12.8 Å². The number of benzene rings is 2. The minimum Gasteiger partial charge on any atom is -0.283 e. The molecule has 2 aromatic carbocycles. The summed E-state index contributed by atoms with van der Waals surface area (Å²) in [7, 11) is 0. The molecule has 0 amide bonds. The zero-order valence-electron chi connectivity index (χ0n) is 13.0. The third kappa shape index (κ3) is 2.42. The lowest BCUT2D eigenvalue weighted by molar-refractivity contribution is 0.791. The van der Waals surface area contributed by atoms with Crippen LogP contribution in [0.2, 0.25) is 0 Å². The van der Waals surface area contributed by atoms with Crippen molar-refractivity contribution >= 4 is 11.6 Å². The van der Waals surface area contributed by atoms with Gasteiger partial charge in [-0.3, -0.25) is 19.4 Å². The highest BCUT2D eigenvalue weighted by molar-refractivity contribution is 5.84. The Balaban J connectivity index is 1.97. The maximum atomic E-state index is 12.3. The zero-order valence-corrected chi connectivity index (χ0v) is 13.0. The largest absolute Gasteiger partial charge is 0.310 e. The number of nitrogens with one attached hydrogen (secondary N) is 1. The summed E-state index contributed by atoms with van der Waals surface area (Å²) in [5.74, 6) is 0. The summed E-state index contributed by atoms with van der Waals surface area (Å²) in [5, 5.41) is 2.72. The lowest BCUT2D eigenvalue weighted by Gasteiger charge is -2.13. The van der Waals surface area contributed by atoms with E-state index in [-0.39, 0.29) is 0 Å². The molecule has 0 atom stereocenters. The van der Waals surface area contributed by atoms with E-state index in [1.807, 2.05) is 60.7 Å². The maximum absolute atomic E-state index is 12.3. The first kappa shape index (κ1) is 14.5. The summed E-state index contributed by atoms with van der Waals surface area (Å²) in [4.78, 5) is 24.3. The van der Waals surface area contributed by atoms with Crippen LogP contribution in [-0.4, -0.2) is 9.78 Å². The van der Waals surface area contributed by atoms with Gasteiger partial charge in [-0.05, 0) is 42.2 Å². The molecule has 1 N–H and O–H groups in total. The number of allylic oxidation sites excluding steroid dienone is 1. The van der Waals surface area contributed by atoms with Crippen molar-refractivity contribution in [2.75, 3.05) is 0 Å². The molecule has 4 nitrogen and oxygen atoms in total. The molecule has 24 heavy (non-hydrogen) atoms. The van der Waals surface area contributed by atoms with Crippen LogP contribution < -0.4 is 11.0 Å². The average molecular weight is 316 g/mol. The van der Waals surface area contributed by atoms with E-state index in [0.717, 1.165) is 28.9 Å². The van der Waals surface area contributed by atoms with Gasteiger partial charge in [0, 0.05) is 5.56 Å². The van der Waals surface area contributed by atoms with Gasteiger partial charge in [0.25, 0.3) is 0 Å². The van der Waals surface area contributed by atoms with Gasteiger partial charge in [0.05, 0.1) is 11.4 Å². The number of H-pyrrole nitrogens is 1. The molecule has 0 bridgehead atoms. The Bertz CT molecular complexity index is 1030. The van der Waals surface area contributed by atoms with Crippen molar-refractivity contribution in [3.8, 4) is 5.69 Å². The van der Waals surface area contributed by atoms with Gasteiger partial charge >= 0.3 is 5.56 Å². The molecule has 1 aliphatic carbocycles. The molecular formula is C20H16N2O2. The van der Waals surface area contributed by atoms with Gasteiger partial charge in [-0.2, -0.15) is 0 Å². The van der Waals surface area contributed by atoms with Gasteiger partial charge in [-0.1, -0.05) is 48.5 Å². The number of rotatable bonds is 2. The van der Waals surface area contributed by atoms with Gasteiger partial charge in [-0.15, -0.1) is 0 Å². The predicted octanol–water partition coefficient (Wildman–Crippen LogP) is 3.01. The van der Waals surface area contributed by atoms with Crippen molar-refractivity contribution < 1.29 is 0 Å². The number of aromatic nitrogens is 2. The quantitative estimate of drug-likeness (QED) is 0.739. The Morgan fingerprint density at radius 2 is 1.54 bits per heavy atom. The number of nitrogens with zero attached hydrogens (tertiary/aromatic N) is 1. The van der Waals surface area contributed by atoms with Crippen LogP contribution in [0.5, 0.6) is 0 Å². The van der Waals surface area contributed by atoms with E-state index in [1.54, 1.807) is 4.68 Å². The number of aromatic amines is 1. The van der Waals surface area contributed by atoms with Crippen LogP contribution in [0.15, 0.2) is 70.3 Å². The molecule has 0 saturated heterocycles. The highest BCUT2D eigenvalue weighted by atomic mass is 16.2. The number of hydrogen-bond acceptors (Lipinski definition) is 2. The number of para-hydroxylation sites is 1. The molecular weight excluding hydrogens is 300 g/mol. The molecule has 0 aliphatic heterocycles. The summed E-state index contributed by atoms with van der Waals surface area (Å²) in [6.07, 6.45) is 3.44. The van der Waals surface area contributed by atoms with Crippen molar-refractivity contribution in [3.05, 3.63) is 98.1 Å². The fourth-order valence-corrected chi connectivity index (χ4v) is 3.20. The predicted molar refractivity (Wildman–Crippen MR) is 95.3 cm³/mol. The molecule has 118 valence electrons. The van der Waals surface area contributed by atoms with Crippen molar-refractivity contribution in [3.63, 3.8) is 0 Å². The van der Waals surface area contributed by atoms with E-state index in [1.165, 1.54) is 0 Å². The van der Waals surface area contributed by atoms with Crippen LogP contribution in [0, 0.1) is 0 Å². The van der Waals surface area contributed by atoms with Gasteiger partial charge in [0.2, 0.25) is 5.43 Å². The summed E-state index contributed by atoms with van der Waals surface area (Å²) >= 11 is 0. The van der Waals surface area contributed by atoms with Crippen molar-refractivity contribution in [1.82, 2.24) is 9.78 Å². The minimum atomic E-state index is -0.571. The molecule has 1 heterocycles. The molecule has 0 fully saturated rings. The third-order valence-electron chi connectivity index (χ3n) is 4.31. The van der Waals surface area contributed by atoms with E-state index in [2.05, 4.69) is 11.2 Å². The zero-order chi connectivity index (χ0) is 16.5. The molecule has 4 rings (SSSR count). The third-order valence-corrected chi connectivity index (χ3v) is 4.31. The Morgan fingerprint density at radius 3 is 2.25 bits per heavy atom. The Hall–Kier alpha value is -3.14. The molecule has 1 aliphatic rings. The van der Waals surface area contributed by atoms with E-state index in [9.17, 15) is 9.59 Å². The van der Waals surface area contributed by atoms with Gasteiger partial charge in [-0.25, -0.2) is 0 Å². The molecule has 3 aromatic rings. The van der Waals surface area contributed by atoms with Crippen LogP contribution in [-0.2, 0) is 6.42 Å². The maximum Gasteiger partial charge on any atom is 0.310 e. The van der Waals surface area contributed by atoms with Crippen molar-refractivity contribution in [1.29, 1.82) is 0 Å². The lowest BCUT2D eigenvalue weighted by atomic mass is 10.1. The number of fused-ring (bicyclic) bond motifs is 1. The SMILES string of the molecule is O=c1[nH]n(-c2ccccc2)c2c(c1=O)CCC2=Cc1ccccc1. The standard InChI is InChI=1S/C20H16N2O2/c23-19-17-12-11-15(13-14-7-3-1-4-8-14)18(17)22(21-20(19)24)16-9-5-2-6-10-16/h1-10,13H,11-12H2,(H,21,24). The molecule has 0 saturated carbocycles. The van der Waals surface area contributed by atoms with Crippen LogP contribution in [0.4, 0.5) is 0 Å². The van der Waals surface area contributed by atoms with E-state index >= 15 is 0 Å². The summed E-state index contributed by atoms with van der Waals surface area (Å²) < 4.78 is 1.74. The van der Waals surface area contributed by atoms with Crippen LogP contribution in [0.1, 0.15) is 23.2 Å². The molecule has 0 unspecified atom stereocenters. The number of hydrogen-bond donors (Lipinski definition) is 1. The second kappa shape index (κ2) is 5.81. The first-order valence-electron chi connectivity index (χ1n) is 7.93. The lowest BCUT2D eigenvalue weighted by Crippen LogP contribution is -2.34. The van der Waals surface area contributed by atoms with E-state index < -0.39 is 11.0 Å². The Morgan fingerprint density at radius 1 is 0.875 bits per heavy atom. The van der Waals surface area contributed by atoms with E-state index in [0.29, 0.717) is 12.0 Å². The monoisotopic (exact) mass is 316 g/mol. The van der Waals surface area contributed by atoms with E-state index in [4.69, 9.17) is 0 Å². The topological polar surface area (TPSA) is 54.9 Å². The molecule has 1 aromatic heterocycles. The summed E-state index contributed by atoms with van der Waals surface area (Å²) in [6.45, 7) is 0. The molecule has 4 heteroatoms. The van der Waals surface area contributed by atoms with Gasteiger partial charge in [0.15, 0.2) is 0 Å². The smallest absolute Gasteiger partial charge is 0.283 e. The first-order valence-corrected chi connectivity index (χ1v) is 7.93. The van der Waals surface area contributed by atoms with Crippen molar-refractivity contribution in [2.24, 2.45) is 0 Å². The second-order valence-corrected chi connectivity index (χ2v) is 5.85. The normalized spacial score (nSPS) is 14.8. The fraction of sp³-hybridized carbons (Fsp3) is 0.100. The first-order chi connectivity index (χ1) is 11.7. The Kier molecular flexibility index (Phi) is 3.50. The van der Waals surface area contributed by atoms with Crippen LogP contribution in [0.25, 0.3) is 17.3 Å². The summed E-state index contributed by atoms with van der Waals surface area (Å²) in [6, 6.07) is 19.6.